The van der Waals surface area contributed by atoms with Gasteiger partial charge in [-0.1, -0.05) is 23.8 Å². The Morgan fingerprint density at radius 3 is 2.08 bits per heavy atom. The molecule has 66 valence electrons. The molecule has 1 nitrogen and oxygen atoms in total. The van der Waals surface area contributed by atoms with E-state index in [2.05, 4.69) is 30.1 Å². The topological polar surface area (TPSA) is 15.8 Å². The molecule has 0 aliphatic heterocycles. The van der Waals surface area contributed by atoms with E-state index >= 15 is 0 Å². The Morgan fingerprint density at radius 2 is 1.92 bits per heavy atom. The van der Waals surface area contributed by atoms with Crippen molar-refractivity contribution in [2.75, 3.05) is 0 Å². The summed E-state index contributed by atoms with van der Waals surface area (Å²) in [6.45, 7) is 2.14. The second kappa shape index (κ2) is 7.06. The van der Waals surface area contributed by atoms with Gasteiger partial charge in [0.15, 0.2) is 0 Å². The molecule has 2 heteroatoms. The Labute approximate surface area is 86.3 Å². The van der Waals surface area contributed by atoms with Crippen molar-refractivity contribution in [3.05, 3.63) is 48.3 Å². The summed E-state index contributed by atoms with van der Waals surface area (Å²) in [5.74, 6) is 0. The number of hydrogen-bond acceptors (Lipinski definition) is 0. The minimum absolute atomic E-state index is 0. The van der Waals surface area contributed by atoms with Gasteiger partial charge in [0.05, 0.1) is 0 Å². The van der Waals surface area contributed by atoms with Crippen LogP contribution in [-0.4, -0.2) is 4.98 Å². The fourth-order valence-electron chi connectivity index (χ4n) is 0.832. The van der Waals surface area contributed by atoms with Gasteiger partial charge < -0.3 is 4.98 Å². The van der Waals surface area contributed by atoms with Crippen molar-refractivity contribution >= 4 is 0 Å². The molecule has 0 atom stereocenters. The van der Waals surface area contributed by atoms with Gasteiger partial charge in [-0.2, -0.15) is 0 Å². The van der Waals surface area contributed by atoms with Crippen LogP contribution in [0.1, 0.15) is 13.3 Å². The maximum atomic E-state index is 2.86. The summed E-state index contributed by atoms with van der Waals surface area (Å²) in [7, 11) is 0. The third-order valence-corrected chi connectivity index (χ3v) is 1.45. The summed E-state index contributed by atoms with van der Waals surface area (Å²) in [6.07, 6.45) is 11.3. The van der Waals surface area contributed by atoms with Crippen LogP contribution in [0.5, 0.6) is 0 Å². The van der Waals surface area contributed by atoms with E-state index in [0.29, 0.717) is 0 Å². The zero-order chi connectivity index (χ0) is 7.94. The molecule has 0 radical (unpaired) electrons. The maximum Gasteiger partial charge on any atom is 0.000496 e. The summed E-state index contributed by atoms with van der Waals surface area (Å²) in [5.41, 5.74) is 1.47. The number of allylic oxidation sites excluding steroid dienone is 4. The van der Waals surface area contributed by atoms with Gasteiger partial charge in [-0.25, -0.2) is 0 Å². The molecule has 0 fully saturated rings. The second-order valence-electron chi connectivity index (χ2n) is 2.53. The summed E-state index contributed by atoms with van der Waals surface area (Å²) in [6, 6.07) is 3.89. The summed E-state index contributed by atoms with van der Waals surface area (Å²) >= 11 is 0. The van der Waals surface area contributed by atoms with E-state index in [0.717, 1.165) is 0 Å². The summed E-state index contributed by atoms with van der Waals surface area (Å²) in [5, 5.41) is 0. The standard InChI is InChI=1S/C6H8.C4H5N.Ru/c1-6-4-2-3-5-6;1-2-4-5-3-1;/h2-4H,5H2,1H3;1-5H;. The molecule has 1 N–H and O–H groups in total. The zero-order valence-corrected chi connectivity index (χ0v) is 8.84. The average molecular weight is 248 g/mol. The van der Waals surface area contributed by atoms with Crippen LogP contribution in [0.2, 0.25) is 0 Å². The van der Waals surface area contributed by atoms with Crippen LogP contribution in [0, 0.1) is 0 Å². The number of rotatable bonds is 0. The van der Waals surface area contributed by atoms with E-state index in [9.17, 15) is 0 Å². The Bertz CT molecular complexity index is 217. The first-order chi connectivity index (χ1) is 5.39. The van der Waals surface area contributed by atoms with Crippen molar-refractivity contribution in [2.24, 2.45) is 0 Å². The molecule has 0 saturated carbocycles. The first-order valence-corrected chi connectivity index (χ1v) is 3.79. The molecule has 2 rings (SSSR count). The first kappa shape index (κ1) is 11.4. The monoisotopic (exact) mass is 249 g/mol. The Balaban J connectivity index is 0.000000189. The third kappa shape index (κ3) is 5.09. The Hall–Kier alpha value is -0.617. The van der Waals surface area contributed by atoms with Gasteiger partial charge in [0.2, 0.25) is 0 Å². The van der Waals surface area contributed by atoms with Gasteiger partial charge in [-0.15, -0.1) is 0 Å². The molecule has 1 aliphatic carbocycles. The molecule has 0 aromatic carbocycles. The molecular formula is C10H13NRu. The van der Waals surface area contributed by atoms with Gasteiger partial charge in [-0.05, 0) is 25.5 Å². The van der Waals surface area contributed by atoms with E-state index in [1.54, 1.807) is 0 Å². The van der Waals surface area contributed by atoms with Gasteiger partial charge in [0, 0.05) is 31.9 Å². The van der Waals surface area contributed by atoms with Gasteiger partial charge in [-0.3, -0.25) is 0 Å². The quantitative estimate of drug-likeness (QED) is 0.679. The second-order valence-corrected chi connectivity index (χ2v) is 2.53. The van der Waals surface area contributed by atoms with Crippen LogP contribution in [0.15, 0.2) is 48.3 Å². The van der Waals surface area contributed by atoms with Crippen LogP contribution in [-0.2, 0) is 19.5 Å². The predicted molar refractivity (Wildman–Crippen MR) is 48.3 cm³/mol. The normalized spacial score (nSPS) is 12.6. The van der Waals surface area contributed by atoms with Crippen LogP contribution in [0.25, 0.3) is 0 Å². The fourth-order valence-corrected chi connectivity index (χ4v) is 0.832. The van der Waals surface area contributed by atoms with Gasteiger partial charge in [0.1, 0.15) is 0 Å². The van der Waals surface area contributed by atoms with Crippen LogP contribution >= 0.6 is 0 Å². The zero-order valence-electron chi connectivity index (χ0n) is 7.10. The van der Waals surface area contributed by atoms with Crippen LogP contribution in [0.4, 0.5) is 0 Å². The van der Waals surface area contributed by atoms with Gasteiger partial charge >= 0.3 is 0 Å². The van der Waals surface area contributed by atoms with E-state index < -0.39 is 0 Å². The number of aromatic amines is 1. The van der Waals surface area contributed by atoms with Crippen molar-refractivity contribution in [3.63, 3.8) is 0 Å². The van der Waals surface area contributed by atoms with E-state index in [-0.39, 0.29) is 19.5 Å². The number of hydrogen-bond donors (Lipinski definition) is 1. The Kier molecular flexibility index (Phi) is 6.69. The third-order valence-electron chi connectivity index (χ3n) is 1.45. The van der Waals surface area contributed by atoms with E-state index in [1.807, 2.05) is 24.5 Å². The van der Waals surface area contributed by atoms with E-state index in [1.165, 1.54) is 12.0 Å². The minimum atomic E-state index is 0. The molecule has 0 spiro atoms. The molecule has 1 aromatic rings. The van der Waals surface area contributed by atoms with E-state index in [4.69, 9.17) is 0 Å². The average Bonchev–Trinajstić information content (AvgIpc) is 2.57. The molecule has 1 heterocycles. The van der Waals surface area contributed by atoms with Crippen LogP contribution < -0.4 is 0 Å². The molecule has 1 aliphatic rings. The fraction of sp³-hybridized carbons (Fsp3) is 0.200. The Morgan fingerprint density at radius 1 is 1.25 bits per heavy atom. The van der Waals surface area contributed by atoms with Crippen LogP contribution in [0.3, 0.4) is 0 Å². The molecule has 0 saturated heterocycles. The number of H-pyrrole nitrogens is 1. The van der Waals surface area contributed by atoms with Crippen molar-refractivity contribution in [2.45, 2.75) is 13.3 Å². The van der Waals surface area contributed by atoms with Gasteiger partial charge in [0.25, 0.3) is 0 Å². The van der Waals surface area contributed by atoms with Crippen molar-refractivity contribution in [1.29, 1.82) is 0 Å². The smallest absolute Gasteiger partial charge is 0.000496 e. The largest absolute Gasteiger partial charge is 0.368 e. The first-order valence-electron chi connectivity index (χ1n) is 3.79. The van der Waals surface area contributed by atoms with Crippen molar-refractivity contribution < 1.29 is 19.5 Å². The van der Waals surface area contributed by atoms with Crippen molar-refractivity contribution in [3.8, 4) is 0 Å². The molecule has 12 heavy (non-hydrogen) atoms. The summed E-state index contributed by atoms with van der Waals surface area (Å²) in [4.78, 5) is 2.86. The summed E-state index contributed by atoms with van der Waals surface area (Å²) < 4.78 is 0. The minimum Gasteiger partial charge on any atom is -0.368 e. The maximum absolute atomic E-state index is 2.86. The predicted octanol–water partition coefficient (Wildman–Crippen LogP) is 2.90. The number of aromatic nitrogens is 1. The molecular weight excluding hydrogens is 235 g/mol. The molecule has 0 unspecified atom stereocenters. The number of nitrogens with one attached hydrogen (secondary N) is 1. The van der Waals surface area contributed by atoms with Crippen molar-refractivity contribution in [1.82, 2.24) is 4.98 Å². The molecule has 1 aromatic heterocycles. The SMILES string of the molecule is CC1=CC=CC1.[Ru].c1cc[nH]c1. The molecule has 0 amide bonds. The molecule has 0 bridgehead atoms.